The van der Waals surface area contributed by atoms with Gasteiger partial charge < -0.3 is 23.8 Å². The lowest BCUT2D eigenvalue weighted by atomic mass is 9.92. The molecule has 1 amide bonds. The Kier molecular flexibility index (Phi) is 3.87. The number of nitrogens with one attached hydrogen (secondary N) is 1. The first-order valence-corrected chi connectivity index (χ1v) is 6.91. The molecule has 0 unspecified atom stereocenters. The quantitative estimate of drug-likeness (QED) is 0.471. The summed E-state index contributed by atoms with van der Waals surface area (Å²) in [4.78, 5) is 17.1. The van der Waals surface area contributed by atoms with Crippen molar-refractivity contribution in [1.29, 1.82) is 0 Å². The number of methoxy groups -OCH3 is 2. The van der Waals surface area contributed by atoms with Crippen LogP contribution >= 0.6 is 0 Å². The van der Waals surface area contributed by atoms with Gasteiger partial charge in [-0.2, -0.15) is 0 Å². The Labute approximate surface area is 132 Å². The molecular formula is C14H17N3O6. The first-order chi connectivity index (χ1) is 11.1. The van der Waals surface area contributed by atoms with Crippen LogP contribution < -0.4 is 30.2 Å². The number of amides is 1. The van der Waals surface area contributed by atoms with Crippen molar-refractivity contribution in [2.75, 3.05) is 21.0 Å². The van der Waals surface area contributed by atoms with Crippen molar-refractivity contribution in [3.8, 4) is 23.0 Å². The lowest BCUT2D eigenvalue weighted by molar-refractivity contribution is -0.115. The molecular weight excluding hydrogens is 306 g/mol. The maximum Gasteiger partial charge on any atom is 0.283 e. The van der Waals surface area contributed by atoms with Gasteiger partial charge in [0, 0.05) is 5.56 Å². The van der Waals surface area contributed by atoms with Gasteiger partial charge in [-0.1, -0.05) is 12.1 Å². The van der Waals surface area contributed by atoms with Gasteiger partial charge in [-0.05, 0) is 6.07 Å². The first-order valence-electron chi connectivity index (χ1n) is 6.91. The number of hydrogen-bond acceptors (Lipinski definition) is 8. The number of hydrazine groups is 1. The fourth-order valence-electron chi connectivity index (χ4n) is 2.69. The van der Waals surface area contributed by atoms with Crippen LogP contribution in [0.1, 0.15) is 18.6 Å². The number of carbonyl (C=O) groups is 1. The molecule has 0 aliphatic carbocycles. The number of hydrogen-bond donors (Lipinski definition) is 2. The maximum atomic E-state index is 11.7. The molecule has 1 aromatic rings. The standard InChI is InChI=1S/C14H17N3O6/c1-6-9(14(18)16-15)17-23-10(6)7-4-8(19-2)12-13(11(7)20-3)22-5-21-12/h4,6,10H,5,15H2,1-3H3,(H,16,18)/t6-,10-/m0/s1. The highest BCUT2D eigenvalue weighted by Crippen LogP contribution is 2.52. The van der Waals surface area contributed by atoms with Gasteiger partial charge in [-0.25, -0.2) is 5.84 Å². The molecule has 9 heteroatoms. The van der Waals surface area contributed by atoms with E-state index in [1.807, 2.05) is 6.92 Å². The lowest BCUT2D eigenvalue weighted by Gasteiger charge is -2.19. The minimum absolute atomic E-state index is 0.0733. The second kappa shape index (κ2) is 5.84. The number of fused-ring (bicyclic) bond motifs is 1. The molecule has 2 heterocycles. The number of carbonyl (C=O) groups excluding carboxylic acids is 1. The van der Waals surface area contributed by atoms with Crippen LogP contribution in [0.2, 0.25) is 0 Å². The van der Waals surface area contributed by atoms with Crippen LogP contribution in [0.4, 0.5) is 0 Å². The monoisotopic (exact) mass is 323 g/mol. The van der Waals surface area contributed by atoms with E-state index in [1.54, 1.807) is 6.07 Å². The Balaban J connectivity index is 2.03. The van der Waals surface area contributed by atoms with Gasteiger partial charge in [0.15, 0.2) is 23.3 Å². The van der Waals surface area contributed by atoms with E-state index in [9.17, 15) is 4.79 Å². The average Bonchev–Trinajstić information content (AvgIpc) is 3.19. The van der Waals surface area contributed by atoms with Crippen LogP contribution in [-0.2, 0) is 9.63 Å². The molecule has 3 rings (SSSR count). The van der Waals surface area contributed by atoms with Gasteiger partial charge >= 0.3 is 0 Å². The zero-order chi connectivity index (χ0) is 16.6. The van der Waals surface area contributed by atoms with Crippen LogP contribution in [0.15, 0.2) is 11.2 Å². The molecule has 0 spiro atoms. The van der Waals surface area contributed by atoms with Crippen LogP contribution in [0.25, 0.3) is 0 Å². The largest absolute Gasteiger partial charge is 0.493 e. The molecule has 3 N–H and O–H groups in total. The first kappa shape index (κ1) is 15.2. The Morgan fingerprint density at radius 1 is 1.35 bits per heavy atom. The summed E-state index contributed by atoms with van der Waals surface area (Å²) in [6.45, 7) is 1.88. The molecule has 0 radical (unpaired) electrons. The number of benzene rings is 1. The van der Waals surface area contributed by atoms with E-state index < -0.39 is 12.0 Å². The Morgan fingerprint density at radius 2 is 2.09 bits per heavy atom. The fourth-order valence-corrected chi connectivity index (χ4v) is 2.69. The maximum absolute atomic E-state index is 11.7. The van der Waals surface area contributed by atoms with E-state index in [-0.39, 0.29) is 18.4 Å². The Hall–Kier alpha value is -2.68. The summed E-state index contributed by atoms with van der Waals surface area (Å²) in [6, 6.07) is 1.73. The summed E-state index contributed by atoms with van der Waals surface area (Å²) in [5, 5.41) is 3.83. The molecule has 2 aliphatic heterocycles. The third-order valence-corrected chi connectivity index (χ3v) is 3.84. The molecule has 0 saturated carbocycles. The van der Waals surface area contributed by atoms with Crippen molar-refractivity contribution in [2.24, 2.45) is 16.9 Å². The van der Waals surface area contributed by atoms with E-state index in [0.717, 1.165) is 0 Å². The van der Waals surface area contributed by atoms with Crippen molar-refractivity contribution >= 4 is 11.6 Å². The number of oxime groups is 1. The second-order valence-corrected chi connectivity index (χ2v) is 5.03. The lowest BCUT2D eigenvalue weighted by Crippen LogP contribution is -2.38. The highest BCUT2D eigenvalue weighted by Gasteiger charge is 2.40. The minimum atomic E-state index is -0.541. The zero-order valence-electron chi connectivity index (χ0n) is 12.9. The molecule has 2 aliphatic rings. The van der Waals surface area contributed by atoms with Crippen LogP contribution in [0.3, 0.4) is 0 Å². The van der Waals surface area contributed by atoms with E-state index in [4.69, 9.17) is 29.6 Å². The van der Waals surface area contributed by atoms with Crippen molar-refractivity contribution in [1.82, 2.24) is 5.43 Å². The molecule has 0 saturated heterocycles. The number of nitrogens with two attached hydrogens (primary N) is 1. The summed E-state index contributed by atoms with van der Waals surface area (Å²) in [5.41, 5.74) is 2.90. The topological polar surface area (TPSA) is 114 Å². The van der Waals surface area contributed by atoms with Gasteiger partial charge in [0.25, 0.3) is 5.91 Å². The molecule has 23 heavy (non-hydrogen) atoms. The highest BCUT2D eigenvalue weighted by molar-refractivity contribution is 6.39. The SMILES string of the molecule is COc1cc([C@H]2ON=C(C(=O)NN)[C@@H]2C)c(OC)c2c1OCO2. The van der Waals surface area contributed by atoms with E-state index in [1.165, 1.54) is 14.2 Å². The van der Waals surface area contributed by atoms with Crippen molar-refractivity contribution in [3.05, 3.63) is 11.6 Å². The molecule has 0 fully saturated rings. The predicted octanol–water partition coefficient (Wildman–Crippen LogP) is 0.486. The van der Waals surface area contributed by atoms with Gasteiger partial charge in [0.2, 0.25) is 18.3 Å². The van der Waals surface area contributed by atoms with E-state index in [2.05, 4.69) is 10.6 Å². The smallest absolute Gasteiger partial charge is 0.283 e. The zero-order valence-corrected chi connectivity index (χ0v) is 12.9. The molecule has 124 valence electrons. The van der Waals surface area contributed by atoms with Gasteiger partial charge in [0.1, 0.15) is 0 Å². The van der Waals surface area contributed by atoms with E-state index in [0.29, 0.717) is 28.6 Å². The second-order valence-electron chi connectivity index (χ2n) is 5.03. The average molecular weight is 323 g/mol. The summed E-state index contributed by atoms with van der Waals surface area (Å²) in [6.07, 6.45) is -0.541. The Bertz CT molecular complexity index is 675. The third kappa shape index (κ3) is 2.29. The van der Waals surface area contributed by atoms with Crippen molar-refractivity contribution in [2.45, 2.75) is 13.0 Å². The number of nitrogens with zero attached hydrogens (tertiary/aromatic N) is 1. The summed E-state index contributed by atoms with van der Waals surface area (Å²) in [5.74, 6) is 6.18. The molecule has 2 atom stereocenters. The summed E-state index contributed by atoms with van der Waals surface area (Å²) < 4.78 is 21.7. The van der Waals surface area contributed by atoms with Gasteiger partial charge in [-0.3, -0.25) is 10.2 Å². The van der Waals surface area contributed by atoms with Crippen LogP contribution in [0, 0.1) is 5.92 Å². The van der Waals surface area contributed by atoms with Gasteiger partial charge in [-0.15, -0.1) is 0 Å². The van der Waals surface area contributed by atoms with Crippen LogP contribution in [-0.4, -0.2) is 32.6 Å². The molecule has 0 bridgehead atoms. The van der Waals surface area contributed by atoms with E-state index >= 15 is 0 Å². The molecule has 0 aromatic heterocycles. The molecule has 1 aromatic carbocycles. The predicted molar refractivity (Wildman–Crippen MR) is 78.4 cm³/mol. The van der Waals surface area contributed by atoms with Crippen LogP contribution in [0.5, 0.6) is 23.0 Å². The number of ether oxygens (including phenoxy) is 4. The third-order valence-electron chi connectivity index (χ3n) is 3.84. The van der Waals surface area contributed by atoms with Gasteiger partial charge in [0.05, 0.1) is 20.1 Å². The summed E-state index contributed by atoms with van der Waals surface area (Å²) >= 11 is 0. The fraction of sp³-hybridized carbons (Fsp3) is 0.429. The van der Waals surface area contributed by atoms with Crippen molar-refractivity contribution in [3.63, 3.8) is 0 Å². The highest BCUT2D eigenvalue weighted by atomic mass is 16.7. The van der Waals surface area contributed by atoms with Crippen molar-refractivity contribution < 1.29 is 28.6 Å². The number of rotatable bonds is 4. The minimum Gasteiger partial charge on any atom is -0.493 e. The molecule has 9 nitrogen and oxygen atoms in total. The normalized spacial score (nSPS) is 21.5. The summed E-state index contributed by atoms with van der Waals surface area (Å²) in [7, 11) is 3.04. The Morgan fingerprint density at radius 3 is 2.74 bits per heavy atom.